The number of hydrogen-bond donors (Lipinski definition) is 1. The van der Waals surface area contributed by atoms with Gasteiger partial charge in [-0.3, -0.25) is 0 Å². The molecule has 0 aromatic carbocycles. The summed E-state index contributed by atoms with van der Waals surface area (Å²) in [6.45, 7) is 6.86. The van der Waals surface area contributed by atoms with E-state index in [0.717, 1.165) is 5.56 Å². The molecule has 0 aliphatic heterocycles. The summed E-state index contributed by atoms with van der Waals surface area (Å²) in [5, 5.41) is 11.3. The lowest BCUT2D eigenvalue weighted by Gasteiger charge is -2.03. The van der Waals surface area contributed by atoms with Crippen molar-refractivity contribution in [3.05, 3.63) is 22.1 Å². The minimum absolute atomic E-state index is 0.421. The summed E-state index contributed by atoms with van der Waals surface area (Å²) in [4.78, 5) is 4.35. The first-order valence-corrected chi connectivity index (χ1v) is 6.20. The third kappa shape index (κ3) is 2.48. The van der Waals surface area contributed by atoms with Crippen molar-refractivity contribution < 1.29 is 4.52 Å². The summed E-state index contributed by atoms with van der Waals surface area (Å²) in [5.74, 6) is 1.31. The van der Waals surface area contributed by atoms with E-state index in [2.05, 4.69) is 34.7 Å². The van der Waals surface area contributed by atoms with Crippen LogP contribution >= 0.6 is 11.3 Å². The third-order valence-electron chi connectivity index (χ3n) is 2.22. The van der Waals surface area contributed by atoms with Crippen molar-refractivity contribution in [3.63, 3.8) is 0 Å². The Bertz CT molecular complexity index is 461. The molecule has 4 nitrogen and oxygen atoms in total. The first kappa shape index (κ1) is 11.3. The zero-order valence-electron chi connectivity index (χ0n) is 9.65. The van der Waals surface area contributed by atoms with Crippen molar-refractivity contribution in [2.24, 2.45) is 0 Å². The quantitative estimate of drug-likeness (QED) is 0.888. The fraction of sp³-hybridized carbons (Fsp3) is 0.455. The molecule has 5 heteroatoms. The fourth-order valence-electron chi connectivity index (χ4n) is 1.31. The lowest BCUT2D eigenvalue weighted by molar-refractivity contribution is 0.417. The van der Waals surface area contributed by atoms with Crippen LogP contribution in [0.4, 0.5) is 0 Å². The lowest BCUT2D eigenvalue weighted by atomic mass is 10.2. The first-order valence-electron chi connectivity index (χ1n) is 5.26. The second-order valence-electron chi connectivity index (χ2n) is 4.02. The third-order valence-corrected chi connectivity index (χ3v) is 3.08. The number of aromatic nitrogens is 2. The number of thiophene rings is 1. The van der Waals surface area contributed by atoms with Gasteiger partial charge in [0.2, 0.25) is 0 Å². The Morgan fingerprint density at radius 3 is 2.88 bits per heavy atom. The molecule has 0 unspecified atom stereocenters. The molecule has 2 aromatic rings. The molecule has 0 aliphatic rings. The summed E-state index contributed by atoms with van der Waals surface area (Å²) >= 11 is 1.65. The fourth-order valence-corrected chi connectivity index (χ4v) is 2.13. The zero-order valence-corrected chi connectivity index (χ0v) is 10.5. The van der Waals surface area contributed by atoms with Crippen LogP contribution in [0.15, 0.2) is 15.3 Å². The SMILES string of the molecule is Cc1cscc1-c1nc(CNC(C)C)no1. The molecule has 16 heavy (non-hydrogen) atoms. The molecule has 0 aliphatic carbocycles. The molecule has 0 atom stereocenters. The molecule has 2 rings (SSSR count). The van der Waals surface area contributed by atoms with E-state index in [0.29, 0.717) is 24.3 Å². The van der Waals surface area contributed by atoms with Gasteiger partial charge in [0.25, 0.3) is 5.89 Å². The van der Waals surface area contributed by atoms with Gasteiger partial charge in [0.1, 0.15) is 0 Å². The normalized spacial score (nSPS) is 11.2. The summed E-state index contributed by atoms with van der Waals surface area (Å²) in [5.41, 5.74) is 2.21. The van der Waals surface area contributed by atoms with Gasteiger partial charge in [0.05, 0.1) is 12.1 Å². The van der Waals surface area contributed by atoms with E-state index in [4.69, 9.17) is 4.52 Å². The van der Waals surface area contributed by atoms with E-state index in [1.807, 2.05) is 12.3 Å². The largest absolute Gasteiger partial charge is 0.334 e. The van der Waals surface area contributed by atoms with Crippen molar-refractivity contribution in [1.82, 2.24) is 15.5 Å². The second kappa shape index (κ2) is 4.76. The Kier molecular flexibility index (Phi) is 3.36. The Morgan fingerprint density at radius 2 is 2.25 bits per heavy atom. The van der Waals surface area contributed by atoms with Crippen LogP contribution in [0.25, 0.3) is 11.5 Å². The van der Waals surface area contributed by atoms with E-state index >= 15 is 0 Å². The van der Waals surface area contributed by atoms with Crippen LogP contribution in [-0.2, 0) is 6.54 Å². The minimum atomic E-state index is 0.421. The molecular weight excluding hydrogens is 222 g/mol. The standard InChI is InChI=1S/C11H15N3OS/c1-7(2)12-4-10-13-11(15-14-10)9-6-16-5-8(9)3/h5-7,12H,4H2,1-3H3. The van der Waals surface area contributed by atoms with E-state index < -0.39 is 0 Å². The predicted molar refractivity (Wildman–Crippen MR) is 64.3 cm³/mol. The highest BCUT2D eigenvalue weighted by Gasteiger charge is 2.11. The van der Waals surface area contributed by atoms with Crippen LogP contribution in [-0.4, -0.2) is 16.2 Å². The maximum absolute atomic E-state index is 5.23. The van der Waals surface area contributed by atoms with Gasteiger partial charge in [0.15, 0.2) is 5.82 Å². The van der Waals surface area contributed by atoms with Crippen LogP contribution in [0.2, 0.25) is 0 Å². The topological polar surface area (TPSA) is 51.0 Å². The first-order chi connectivity index (χ1) is 7.66. The molecule has 1 N–H and O–H groups in total. The van der Waals surface area contributed by atoms with E-state index in [-0.39, 0.29) is 0 Å². The van der Waals surface area contributed by atoms with Crippen LogP contribution in [0, 0.1) is 6.92 Å². The maximum Gasteiger partial charge on any atom is 0.259 e. The molecule has 0 saturated carbocycles. The average Bonchev–Trinajstić information content (AvgIpc) is 2.83. The minimum Gasteiger partial charge on any atom is -0.334 e. The zero-order chi connectivity index (χ0) is 11.5. The molecule has 0 bridgehead atoms. The Labute approximate surface area is 98.7 Å². The van der Waals surface area contributed by atoms with E-state index in [9.17, 15) is 0 Å². The summed E-state index contributed by atoms with van der Waals surface area (Å²) < 4.78 is 5.23. The molecule has 2 heterocycles. The molecule has 0 amide bonds. The van der Waals surface area contributed by atoms with E-state index in [1.165, 1.54) is 5.56 Å². The van der Waals surface area contributed by atoms with Crippen LogP contribution in [0.1, 0.15) is 25.2 Å². The lowest BCUT2D eigenvalue weighted by Crippen LogP contribution is -2.22. The predicted octanol–water partition coefficient (Wildman–Crippen LogP) is 2.60. The Hall–Kier alpha value is -1.20. The van der Waals surface area contributed by atoms with Gasteiger partial charge in [-0.2, -0.15) is 16.3 Å². The van der Waals surface area contributed by atoms with Crippen LogP contribution in [0.5, 0.6) is 0 Å². The summed E-state index contributed by atoms with van der Waals surface area (Å²) in [6, 6.07) is 0.421. The Balaban J connectivity index is 2.11. The highest BCUT2D eigenvalue weighted by molar-refractivity contribution is 7.08. The van der Waals surface area contributed by atoms with Gasteiger partial charge >= 0.3 is 0 Å². The number of hydrogen-bond acceptors (Lipinski definition) is 5. The average molecular weight is 237 g/mol. The Morgan fingerprint density at radius 1 is 1.44 bits per heavy atom. The van der Waals surface area contributed by atoms with Crippen LogP contribution in [0.3, 0.4) is 0 Å². The van der Waals surface area contributed by atoms with Gasteiger partial charge < -0.3 is 9.84 Å². The van der Waals surface area contributed by atoms with Gasteiger partial charge in [-0.15, -0.1) is 0 Å². The van der Waals surface area contributed by atoms with Crippen LogP contribution < -0.4 is 5.32 Å². The van der Waals surface area contributed by atoms with Gasteiger partial charge in [-0.05, 0) is 17.9 Å². The van der Waals surface area contributed by atoms with Crippen molar-refractivity contribution in [2.75, 3.05) is 0 Å². The molecule has 0 fully saturated rings. The highest BCUT2D eigenvalue weighted by Crippen LogP contribution is 2.24. The second-order valence-corrected chi connectivity index (χ2v) is 4.76. The molecule has 0 spiro atoms. The summed E-state index contributed by atoms with van der Waals surface area (Å²) in [7, 11) is 0. The van der Waals surface area contributed by atoms with Crippen molar-refractivity contribution in [3.8, 4) is 11.5 Å². The monoisotopic (exact) mass is 237 g/mol. The molecule has 0 saturated heterocycles. The highest BCUT2D eigenvalue weighted by atomic mass is 32.1. The van der Waals surface area contributed by atoms with E-state index in [1.54, 1.807) is 11.3 Å². The number of aryl methyl sites for hydroxylation is 1. The summed E-state index contributed by atoms with van der Waals surface area (Å²) in [6.07, 6.45) is 0. The van der Waals surface area contributed by atoms with Gasteiger partial charge in [0, 0.05) is 11.4 Å². The molecule has 86 valence electrons. The molecular formula is C11H15N3OS. The van der Waals surface area contributed by atoms with Crippen molar-refractivity contribution in [2.45, 2.75) is 33.4 Å². The number of rotatable bonds is 4. The smallest absolute Gasteiger partial charge is 0.259 e. The van der Waals surface area contributed by atoms with Gasteiger partial charge in [-0.25, -0.2) is 0 Å². The molecule has 2 aromatic heterocycles. The molecule has 0 radical (unpaired) electrons. The van der Waals surface area contributed by atoms with Crippen molar-refractivity contribution in [1.29, 1.82) is 0 Å². The van der Waals surface area contributed by atoms with Crippen molar-refractivity contribution >= 4 is 11.3 Å². The number of nitrogens with one attached hydrogen (secondary N) is 1. The maximum atomic E-state index is 5.23. The van der Waals surface area contributed by atoms with Gasteiger partial charge in [-0.1, -0.05) is 19.0 Å². The number of nitrogens with zero attached hydrogens (tertiary/aromatic N) is 2.